The van der Waals surface area contributed by atoms with E-state index in [4.69, 9.17) is 14.2 Å². The van der Waals surface area contributed by atoms with Crippen LogP contribution in [0.2, 0.25) is 0 Å². The minimum absolute atomic E-state index is 0.00572. The molecule has 3 aliphatic rings. The lowest BCUT2D eigenvalue weighted by atomic mass is 10.0. The second-order valence-electron chi connectivity index (χ2n) is 14.1. The standard InChI is InChI=1S/C35H48N6O9S/c1-8-22-18-35(22,32(44)40-51(46,47)25-11-12-25)38-29(42)27-17-24(50-30-26-13-10-23(49-7)16-21(26)14-15-36-30)19-41(27)31(43)28(20(3)48-6)37-33(45)39-34(4,5)9-2/h8,10,13-16,20,22,24-25,27-28H,1,9,11-12,17-19H2,2-7H3,(H,38,42)(H,40,44)(H2,37,39,45)/t20-,22+,24+,27-,28-,35+/m0/s1. The lowest BCUT2D eigenvalue weighted by Crippen LogP contribution is -2.61. The molecular weight excluding hydrogens is 680 g/mol. The molecule has 6 atom stereocenters. The third-order valence-corrected chi connectivity index (χ3v) is 11.9. The normalized spacial score (nSPS) is 24.2. The van der Waals surface area contributed by atoms with Crippen LogP contribution in [-0.2, 0) is 29.1 Å². The van der Waals surface area contributed by atoms with Crippen molar-refractivity contribution in [3.63, 3.8) is 0 Å². The van der Waals surface area contributed by atoms with Gasteiger partial charge in [-0.2, -0.15) is 0 Å². The fourth-order valence-corrected chi connectivity index (χ4v) is 7.53. The highest BCUT2D eigenvalue weighted by Crippen LogP contribution is 2.45. The van der Waals surface area contributed by atoms with Gasteiger partial charge in [0.25, 0.3) is 5.91 Å². The number of nitrogens with one attached hydrogen (secondary N) is 4. The Morgan fingerprint density at radius 1 is 1.18 bits per heavy atom. The van der Waals surface area contributed by atoms with E-state index >= 15 is 0 Å². The number of carbonyl (C=O) groups excluding carboxylic acids is 4. The van der Waals surface area contributed by atoms with Crippen LogP contribution in [0.4, 0.5) is 4.79 Å². The van der Waals surface area contributed by atoms with Crippen molar-refractivity contribution in [2.45, 2.75) is 100 Å². The summed E-state index contributed by atoms with van der Waals surface area (Å²) < 4.78 is 44.7. The smallest absolute Gasteiger partial charge is 0.315 e. The zero-order chi connectivity index (χ0) is 37.3. The number of nitrogens with zero attached hydrogens (tertiary/aromatic N) is 2. The van der Waals surface area contributed by atoms with E-state index in [2.05, 4.69) is 32.2 Å². The average molecular weight is 729 g/mol. The summed E-state index contributed by atoms with van der Waals surface area (Å²) in [5, 5.41) is 9.19. The van der Waals surface area contributed by atoms with Gasteiger partial charge in [0.15, 0.2) is 0 Å². The quantitative estimate of drug-likeness (QED) is 0.198. The van der Waals surface area contributed by atoms with Crippen LogP contribution in [0, 0.1) is 5.92 Å². The number of carbonyl (C=O) groups is 4. The van der Waals surface area contributed by atoms with E-state index in [-0.39, 0.29) is 25.3 Å². The number of amides is 5. The average Bonchev–Trinajstić information content (AvgIpc) is 4.03. The Bertz CT molecular complexity index is 1800. The Hall–Kier alpha value is -4.44. The van der Waals surface area contributed by atoms with E-state index < -0.39 is 80.3 Å². The number of methoxy groups -OCH3 is 2. The maximum Gasteiger partial charge on any atom is 0.315 e. The highest BCUT2D eigenvalue weighted by Gasteiger charge is 2.62. The highest BCUT2D eigenvalue weighted by molar-refractivity contribution is 7.91. The van der Waals surface area contributed by atoms with Gasteiger partial charge in [0.05, 0.1) is 25.0 Å². The van der Waals surface area contributed by atoms with Gasteiger partial charge in [-0.15, -0.1) is 6.58 Å². The number of aromatic nitrogens is 1. The first kappa shape index (κ1) is 37.8. The first-order valence-electron chi connectivity index (χ1n) is 17.1. The van der Waals surface area contributed by atoms with Gasteiger partial charge in [-0.25, -0.2) is 18.2 Å². The van der Waals surface area contributed by atoms with Crippen LogP contribution >= 0.6 is 0 Å². The van der Waals surface area contributed by atoms with Crippen molar-refractivity contribution < 1.29 is 41.8 Å². The molecule has 5 amide bonds. The van der Waals surface area contributed by atoms with E-state index in [0.717, 1.165) is 5.39 Å². The molecule has 16 heteroatoms. The number of benzene rings is 1. The molecule has 3 fully saturated rings. The molecule has 2 saturated carbocycles. The van der Waals surface area contributed by atoms with Gasteiger partial charge in [0.1, 0.15) is 29.5 Å². The minimum atomic E-state index is -3.90. The predicted octanol–water partition coefficient (Wildman–Crippen LogP) is 2.15. The van der Waals surface area contributed by atoms with Crippen molar-refractivity contribution in [1.29, 1.82) is 0 Å². The topological polar surface area (TPSA) is 194 Å². The Morgan fingerprint density at radius 3 is 2.51 bits per heavy atom. The SMILES string of the molecule is C=C[C@@H]1C[C@]1(NC(=O)[C@@H]1C[C@@H](Oc2nccc3cc(OC)ccc23)CN1C(=O)[C@@H](NC(=O)NC(C)(C)CC)[C@H](C)OC)C(=O)NS(=O)(=O)C1CC1. The van der Waals surface area contributed by atoms with Crippen molar-refractivity contribution in [1.82, 2.24) is 30.6 Å². The lowest BCUT2D eigenvalue weighted by Gasteiger charge is -2.33. The summed E-state index contributed by atoms with van der Waals surface area (Å²) in [4.78, 5) is 60.8. The Labute approximate surface area is 298 Å². The number of sulfonamides is 1. The van der Waals surface area contributed by atoms with Crippen molar-refractivity contribution in [3.8, 4) is 11.6 Å². The number of urea groups is 1. The zero-order valence-electron chi connectivity index (χ0n) is 29.9. The van der Waals surface area contributed by atoms with E-state index in [9.17, 15) is 27.6 Å². The van der Waals surface area contributed by atoms with Gasteiger partial charge in [0, 0.05) is 36.6 Å². The Balaban J connectivity index is 1.43. The predicted molar refractivity (Wildman–Crippen MR) is 188 cm³/mol. The van der Waals surface area contributed by atoms with Crippen LogP contribution in [0.1, 0.15) is 59.8 Å². The lowest BCUT2D eigenvalue weighted by molar-refractivity contribution is -0.143. The van der Waals surface area contributed by atoms with E-state index in [1.54, 1.807) is 38.4 Å². The molecule has 0 unspecified atom stereocenters. The third-order valence-electron chi connectivity index (χ3n) is 10.0. The number of hydrogen-bond donors (Lipinski definition) is 4. The van der Waals surface area contributed by atoms with Crippen LogP contribution in [0.5, 0.6) is 11.6 Å². The summed E-state index contributed by atoms with van der Waals surface area (Å²) in [6, 6.07) is 4.24. The first-order chi connectivity index (χ1) is 24.1. The molecule has 2 aliphatic carbocycles. The summed E-state index contributed by atoms with van der Waals surface area (Å²) in [5.74, 6) is -1.75. The largest absolute Gasteiger partial charge is 0.497 e. The molecule has 4 N–H and O–H groups in total. The number of pyridine rings is 1. The molecule has 5 rings (SSSR count). The van der Waals surface area contributed by atoms with Gasteiger partial charge >= 0.3 is 6.03 Å². The summed E-state index contributed by atoms with van der Waals surface area (Å²) in [6.45, 7) is 10.9. The Morgan fingerprint density at radius 2 is 1.90 bits per heavy atom. The van der Waals surface area contributed by atoms with Crippen molar-refractivity contribution in [2.24, 2.45) is 5.92 Å². The van der Waals surface area contributed by atoms with E-state index in [1.165, 1.54) is 18.1 Å². The summed E-state index contributed by atoms with van der Waals surface area (Å²) in [6.07, 6.45) is 3.22. The monoisotopic (exact) mass is 728 g/mol. The summed E-state index contributed by atoms with van der Waals surface area (Å²) in [7, 11) is -0.932. The van der Waals surface area contributed by atoms with E-state index in [0.29, 0.717) is 30.4 Å². The fourth-order valence-electron chi connectivity index (χ4n) is 6.17. The van der Waals surface area contributed by atoms with Gasteiger partial charge < -0.3 is 35.1 Å². The zero-order valence-corrected chi connectivity index (χ0v) is 30.7. The number of likely N-dealkylation sites (tertiary alicyclic amines) is 1. The first-order valence-corrected chi connectivity index (χ1v) is 18.6. The van der Waals surface area contributed by atoms with Crippen LogP contribution in [0.25, 0.3) is 10.8 Å². The molecule has 2 aromatic rings. The summed E-state index contributed by atoms with van der Waals surface area (Å²) in [5.41, 5.74) is -2.12. The van der Waals surface area contributed by atoms with Crippen molar-refractivity contribution in [2.75, 3.05) is 20.8 Å². The molecule has 51 heavy (non-hydrogen) atoms. The maximum atomic E-state index is 14.4. The second kappa shape index (κ2) is 14.7. The molecular formula is C35H48N6O9S. The molecule has 0 bridgehead atoms. The number of rotatable bonds is 15. The molecule has 15 nitrogen and oxygen atoms in total. The van der Waals surface area contributed by atoms with E-state index in [1.807, 2.05) is 26.8 Å². The maximum absolute atomic E-state index is 14.4. The van der Waals surface area contributed by atoms with Crippen molar-refractivity contribution in [3.05, 3.63) is 43.1 Å². The molecule has 0 spiro atoms. The minimum Gasteiger partial charge on any atom is -0.497 e. The van der Waals surface area contributed by atoms with Gasteiger partial charge in [-0.05, 0) is 76.1 Å². The molecule has 1 aromatic heterocycles. The molecule has 0 radical (unpaired) electrons. The second-order valence-corrected chi connectivity index (χ2v) is 16.1. The van der Waals surface area contributed by atoms with Gasteiger partial charge in [-0.1, -0.05) is 13.0 Å². The number of hydrogen-bond acceptors (Lipinski definition) is 10. The summed E-state index contributed by atoms with van der Waals surface area (Å²) >= 11 is 0. The molecule has 1 saturated heterocycles. The van der Waals surface area contributed by atoms with Crippen LogP contribution < -0.4 is 30.1 Å². The Kier molecular flexibility index (Phi) is 10.9. The van der Waals surface area contributed by atoms with Gasteiger partial charge in [-0.3, -0.25) is 19.1 Å². The van der Waals surface area contributed by atoms with Crippen LogP contribution in [0.3, 0.4) is 0 Å². The number of ether oxygens (including phenoxy) is 3. The third kappa shape index (κ3) is 8.22. The molecule has 278 valence electrons. The van der Waals surface area contributed by atoms with Gasteiger partial charge in [0.2, 0.25) is 27.7 Å². The fraction of sp³-hybridized carbons (Fsp3) is 0.571. The highest BCUT2D eigenvalue weighted by atomic mass is 32.2. The van der Waals surface area contributed by atoms with Crippen LogP contribution in [0.15, 0.2) is 43.1 Å². The number of fused-ring (bicyclic) bond motifs is 1. The molecule has 2 heterocycles. The molecule has 1 aliphatic heterocycles. The molecule has 1 aromatic carbocycles. The van der Waals surface area contributed by atoms with Crippen LogP contribution in [-0.4, -0.2) is 103 Å². The van der Waals surface area contributed by atoms with Crippen molar-refractivity contribution >= 4 is 44.5 Å².